The number of rotatable bonds is 6. The zero-order valence-electron chi connectivity index (χ0n) is 19.6. The Balaban J connectivity index is 1.24. The average Bonchev–Trinajstić information content (AvgIpc) is 3.28. The Morgan fingerprint density at radius 2 is 1.45 bits per heavy atom. The van der Waals surface area contributed by atoms with Gasteiger partial charge in [-0.2, -0.15) is 4.98 Å². The van der Waals surface area contributed by atoms with Gasteiger partial charge in [-0.25, -0.2) is 0 Å². The van der Waals surface area contributed by atoms with E-state index >= 15 is 0 Å². The molecular weight excluding hydrogens is 412 g/mol. The lowest BCUT2D eigenvalue weighted by atomic mass is 9.91. The largest absolute Gasteiger partial charge is 0.373 e. The van der Waals surface area contributed by atoms with Crippen LogP contribution < -0.4 is 0 Å². The van der Waals surface area contributed by atoms with Gasteiger partial charge < -0.3 is 9.26 Å². The molecule has 6 heteroatoms. The first-order valence-electron chi connectivity index (χ1n) is 12.2. The van der Waals surface area contributed by atoms with Crippen LogP contribution in [0.2, 0.25) is 0 Å². The van der Waals surface area contributed by atoms with Gasteiger partial charge in [-0.05, 0) is 37.8 Å². The van der Waals surface area contributed by atoms with Crippen molar-refractivity contribution in [2.75, 3.05) is 26.2 Å². The minimum Gasteiger partial charge on any atom is -0.373 e. The highest BCUT2D eigenvalue weighted by Gasteiger charge is 2.31. The Hall–Kier alpha value is -2.54. The summed E-state index contributed by atoms with van der Waals surface area (Å²) in [6.07, 6.45) is 3.00. The summed E-state index contributed by atoms with van der Waals surface area (Å²) in [5.41, 5.74) is 2.34. The van der Waals surface area contributed by atoms with Crippen molar-refractivity contribution < 1.29 is 9.26 Å². The first-order chi connectivity index (χ1) is 16.2. The predicted octanol–water partition coefficient (Wildman–Crippen LogP) is 4.32. The molecule has 0 bridgehead atoms. The standard InChI is InChI=1S/C27H34N4O2/c1-20-17-31(18-21(2)32-20)24-13-15-30(16-14-24)19-25-28-27(29-33-25)26(22-9-5-3-6-10-22)23-11-7-4-8-12-23/h3-12,20-21,24,26H,13-19H2,1-2H3/t20-,21+. The maximum absolute atomic E-state index is 5.91. The number of likely N-dealkylation sites (tertiary alicyclic amines) is 1. The summed E-state index contributed by atoms with van der Waals surface area (Å²) in [6.45, 7) is 9.29. The van der Waals surface area contributed by atoms with E-state index in [-0.39, 0.29) is 5.92 Å². The molecule has 33 heavy (non-hydrogen) atoms. The van der Waals surface area contributed by atoms with Gasteiger partial charge in [0.2, 0.25) is 5.89 Å². The fourth-order valence-electron chi connectivity index (χ4n) is 5.38. The Kier molecular flexibility index (Phi) is 6.85. The molecule has 2 aliphatic rings. The first-order valence-corrected chi connectivity index (χ1v) is 12.2. The van der Waals surface area contributed by atoms with Gasteiger partial charge in [0.15, 0.2) is 5.82 Å². The Morgan fingerprint density at radius 1 is 0.879 bits per heavy atom. The monoisotopic (exact) mass is 446 g/mol. The van der Waals surface area contributed by atoms with Gasteiger partial charge in [0, 0.05) is 32.2 Å². The molecule has 0 spiro atoms. The van der Waals surface area contributed by atoms with Crippen molar-refractivity contribution in [2.24, 2.45) is 0 Å². The van der Waals surface area contributed by atoms with E-state index in [1.165, 1.54) is 24.0 Å². The van der Waals surface area contributed by atoms with Crippen LogP contribution in [0.1, 0.15) is 55.4 Å². The summed E-state index contributed by atoms with van der Waals surface area (Å²) in [5, 5.41) is 4.40. The van der Waals surface area contributed by atoms with Crippen molar-refractivity contribution in [1.29, 1.82) is 0 Å². The second-order valence-electron chi connectivity index (χ2n) is 9.52. The Labute approximate surface area is 196 Å². The van der Waals surface area contributed by atoms with E-state index < -0.39 is 0 Å². The molecule has 0 N–H and O–H groups in total. The third-order valence-electron chi connectivity index (χ3n) is 6.89. The van der Waals surface area contributed by atoms with Crippen molar-refractivity contribution in [3.05, 3.63) is 83.5 Å². The van der Waals surface area contributed by atoms with Crippen LogP contribution in [0, 0.1) is 0 Å². The van der Waals surface area contributed by atoms with Crippen LogP contribution in [0.3, 0.4) is 0 Å². The van der Waals surface area contributed by atoms with Gasteiger partial charge in [-0.15, -0.1) is 0 Å². The fourth-order valence-corrected chi connectivity index (χ4v) is 5.38. The number of morpholine rings is 1. The number of piperidine rings is 1. The van der Waals surface area contributed by atoms with Gasteiger partial charge in [-0.3, -0.25) is 9.80 Å². The predicted molar refractivity (Wildman–Crippen MR) is 128 cm³/mol. The number of hydrogen-bond acceptors (Lipinski definition) is 6. The summed E-state index contributed by atoms with van der Waals surface area (Å²) in [4.78, 5) is 9.92. The minimum absolute atomic E-state index is 0.0269. The van der Waals surface area contributed by atoms with Crippen LogP contribution in [0.25, 0.3) is 0 Å². The molecule has 6 nitrogen and oxygen atoms in total. The lowest BCUT2D eigenvalue weighted by Crippen LogP contribution is -2.53. The molecular formula is C27H34N4O2. The second-order valence-corrected chi connectivity index (χ2v) is 9.52. The zero-order valence-corrected chi connectivity index (χ0v) is 19.6. The summed E-state index contributed by atoms with van der Waals surface area (Å²) in [6, 6.07) is 21.5. The molecule has 174 valence electrons. The minimum atomic E-state index is -0.0269. The quantitative estimate of drug-likeness (QED) is 0.562. The van der Waals surface area contributed by atoms with E-state index in [1.807, 2.05) is 12.1 Å². The van der Waals surface area contributed by atoms with Crippen molar-refractivity contribution in [1.82, 2.24) is 19.9 Å². The van der Waals surface area contributed by atoms with Crippen LogP contribution in [-0.2, 0) is 11.3 Å². The molecule has 0 unspecified atom stereocenters. The highest BCUT2D eigenvalue weighted by Crippen LogP contribution is 2.30. The molecule has 0 aliphatic carbocycles. The summed E-state index contributed by atoms with van der Waals surface area (Å²) < 4.78 is 11.6. The van der Waals surface area contributed by atoms with Crippen molar-refractivity contribution >= 4 is 0 Å². The second kappa shape index (κ2) is 10.2. The molecule has 2 fully saturated rings. The molecule has 3 aromatic rings. The van der Waals surface area contributed by atoms with Crippen LogP contribution >= 0.6 is 0 Å². The van der Waals surface area contributed by atoms with E-state index in [0.717, 1.165) is 32.0 Å². The average molecular weight is 447 g/mol. The normalized spacial score (nSPS) is 23.2. The molecule has 0 radical (unpaired) electrons. The summed E-state index contributed by atoms with van der Waals surface area (Å²) in [7, 11) is 0. The maximum atomic E-state index is 5.91. The molecule has 5 rings (SSSR count). The lowest BCUT2D eigenvalue weighted by molar-refractivity contribution is -0.0867. The van der Waals surface area contributed by atoms with Gasteiger partial charge in [-0.1, -0.05) is 65.8 Å². The number of benzene rings is 2. The topological polar surface area (TPSA) is 54.6 Å². The van der Waals surface area contributed by atoms with Crippen molar-refractivity contribution in [3.8, 4) is 0 Å². The molecule has 0 amide bonds. The van der Waals surface area contributed by atoms with Gasteiger partial charge in [0.1, 0.15) is 0 Å². The smallest absolute Gasteiger partial charge is 0.240 e. The zero-order chi connectivity index (χ0) is 22.6. The number of ether oxygens (including phenoxy) is 1. The van der Waals surface area contributed by atoms with E-state index in [4.69, 9.17) is 14.2 Å². The van der Waals surface area contributed by atoms with E-state index in [9.17, 15) is 0 Å². The number of aromatic nitrogens is 2. The molecule has 3 heterocycles. The SMILES string of the molecule is C[C@@H]1CN(C2CCN(Cc3nc(C(c4ccccc4)c4ccccc4)no3)CC2)C[C@H](C)O1. The summed E-state index contributed by atoms with van der Waals surface area (Å²) >= 11 is 0. The molecule has 2 aromatic carbocycles. The lowest BCUT2D eigenvalue weighted by Gasteiger charge is -2.43. The third-order valence-corrected chi connectivity index (χ3v) is 6.89. The van der Waals surface area contributed by atoms with E-state index in [1.54, 1.807) is 0 Å². The maximum Gasteiger partial charge on any atom is 0.240 e. The van der Waals surface area contributed by atoms with Crippen molar-refractivity contribution in [2.45, 2.75) is 57.4 Å². The van der Waals surface area contributed by atoms with E-state index in [0.29, 0.717) is 30.7 Å². The van der Waals surface area contributed by atoms with Crippen LogP contribution in [0.4, 0.5) is 0 Å². The fraction of sp³-hybridized carbons (Fsp3) is 0.481. The van der Waals surface area contributed by atoms with Crippen LogP contribution in [-0.4, -0.2) is 64.4 Å². The number of nitrogens with zero attached hydrogens (tertiary/aromatic N) is 4. The van der Waals surface area contributed by atoms with Gasteiger partial charge in [0.25, 0.3) is 0 Å². The highest BCUT2D eigenvalue weighted by molar-refractivity contribution is 5.37. The third kappa shape index (κ3) is 5.35. The van der Waals surface area contributed by atoms with E-state index in [2.05, 4.69) is 77.3 Å². The molecule has 2 aliphatic heterocycles. The molecule has 2 saturated heterocycles. The van der Waals surface area contributed by atoms with Crippen molar-refractivity contribution in [3.63, 3.8) is 0 Å². The molecule has 1 aromatic heterocycles. The van der Waals surface area contributed by atoms with Crippen LogP contribution in [0.5, 0.6) is 0 Å². The van der Waals surface area contributed by atoms with Gasteiger partial charge in [0.05, 0.1) is 24.7 Å². The Morgan fingerprint density at radius 3 is 2.03 bits per heavy atom. The van der Waals surface area contributed by atoms with Gasteiger partial charge >= 0.3 is 0 Å². The molecule has 2 atom stereocenters. The highest BCUT2D eigenvalue weighted by atomic mass is 16.5. The number of hydrogen-bond donors (Lipinski definition) is 0. The molecule has 0 saturated carbocycles. The Bertz CT molecular complexity index is 952. The van der Waals surface area contributed by atoms with Crippen LogP contribution in [0.15, 0.2) is 65.2 Å². The summed E-state index contributed by atoms with van der Waals surface area (Å²) in [5.74, 6) is 1.41. The first kappa shape index (κ1) is 22.3.